The molecule has 0 aromatic carbocycles. The highest BCUT2D eigenvalue weighted by Gasteiger charge is 2.23. The van der Waals surface area contributed by atoms with Crippen LogP contribution in [0.3, 0.4) is 0 Å². The predicted octanol–water partition coefficient (Wildman–Crippen LogP) is 4.16. The van der Waals surface area contributed by atoms with Crippen LogP contribution in [0.4, 0.5) is 0 Å². The Kier molecular flexibility index (Phi) is 7.80. The van der Waals surface area contributed by atoms with Gasteiger partial charge in [0.05, 0.1) is 11.7 Å². The van der Waals surface area contributed by atoms with E-state index in [9.17, 15) is 0 Å². The molecule has 0 amide bonds. The number of nitrogens with one attached hydrogen (secondary N) is 1. The van der Waals surface area contributed by atoms with Gasteiger partial charge in [-0.15, -0.1) is 0 Å². The van der Waals surface area contributed by atoms with Gasteiger partial charge in [0.15, 0.2) is 0 Å². The monoisotopic (exact) mass is 265 g/mol. The lowest BCUT2D eigenvalue weighted by atomic mass is 9.88. The number of aromatic nitrogens is 2. The molecular formula is C16H31N3. The van der Waals surface area contributed by atoms with Crippen molar-refractivity contribution < 1.29 is 0 Å². The lowest BCUT2D eigenvalue weighted by Gasteiger charge is -2.28. The fourth-order valence-electron chi connectivity index (χ4n) is 2.96. The quantitative estimate of drug-likeness (QED) is 0.688. The van der Waals surface area contributed by atoms with E-state index in [1.54, 1.807) is 0 Å². The lowest BCUT2D eigenvalue weighted by Crippen LogP contribution is -2.30. The van der Waals surface area contributed by atoms with Gasteiger partial charge in [-0.25, -0.2) is 0 Å². The molecular weight excluding hydrogens is 234 g/mol. The summed E-state index contributed by atoms with van der Waals surface area (Å²) in [5.74, 6) is 0.724. The van der Waals surface area contributed by atoms with Gasteiger partial charge in [0, 0.05) is 12.7 Å². The van der Waals surface area contributed by atoms with E-state index in [2.05, 4.69) is 48.9 Å². The molecule has 0 aliphatic rings. The van der Waals surface area contributed by atoms with Crippen LogP contribution in [0.15, 0.2) is 12.3 Å². The zero-order valence-electron chi connectivity index (χ0n) is 13.2. The average Bonchev–Trinajstić information content (AvgIpc) is 2.84. The Balaban J connectivity index is 2.92. The van der Waals surface area contributed by atoms with Crippen LogP contribution < -0.4 is 5.32 Å². The van der Waals surface area contributed by atoms with E-state index >= 15 is 0 Å². The summed E-state index contributed by atoms with van der Waals surface area (Å²) < 4.78 is 2.19. The summed E-state index contributed by atoms with van der Waals surface area (Å²) in [6.45, 7) is 11.0. The van der Waals surface area contributed by atoms with E-state index < -0.39 is 0 Å². The lowest BCUT2D eigenvalue weighted by molar-refractivity contribution is 0.304. The summed E-state index contributed by atoms with van der Waals surface area (Å²) in [5.41, 5.74) is 1.37. The molecule has 3 heteroatoms. The first kappa shape index (κ1) is 16.2. The number of hydrogen-bond donors (Lipinski definition) is 1. The van der Waals surface area contributed by atoms with Crippen molar-refractivity contribution in [1.29, 1.82) is 0 Å². The molecule has 0 aliphatic heterocycles. The van der Waals surface area contributed by atoms with Crippen molar-refractivity contribution in [2.75, 3.05) is 6.54 Å². The van der Waals surface area contributed by atoms with Gasteiger partial charge in [0.1, 0.15) is 0 Å². The van der Waals surface area contributed by atoms with E-state index in [1.165, 1.54) is 31.4 Å². The molecule has 1 heterocycles. The Labute approximate surface area is 118 Å². The van der Waals surface area contributed by atoms with Crippen LogP contribution in [0, 0.1) is 5.92 Å². The van der Waals surface area contributed by atoms with Gasteiger partial charge in [-0.2, -0.15) is 5.10 Å². The smallest absolute Gasteiger partial charge is 0.0556 e. The molecule has 0 aliphatic carbocycles. The fourth-order valence-corrected chi connectivity index (χ4v) is 2.96. The minimum absolute atomic E-state index is 0.457. The molecule has 1 rings (SSSR count). The molecule has 3 nitrogen and oxygen atoms in total. The van der Waals surface area contributed by atoms with E-state index in [0.29, 0.717) is 6.04 Å². The highest BCUT2D eigenvalue weighted by Crippen LogP contribution is 2.29. The third-order valence-corrected chi connectivity index (χ3v) is 3.72. The first-order valence-electron chi connectivity index (χ1n) is 8.03. The van der Waals surface area contributed by atoms with Crippen LogP contribution in [-0.4, -0.2) is 16.3 Å². The summed E-state index contributed by atoms with van der Waals surface area (Å²) in [4.78, 5) is 0. The van der Waals surface area contributed by atoms with E-state index in [4.69, 9.17) is 0 Å². The second kappa shape index (κ2) is 9.13. The molecule has 0 radical (unpaired) electrons. The topological polar surface area (TPSA) is 29.9 Å². The van der Waals surface area contributed by atoms with Crippen molar-refractivity contribution in [1.82, 2.24) is 15.1 Å². The van der Waals surface area contributed by atoms with Crippen molar-refractivity contribution in [2.24, 2.45) is 5.92 Å². The van der Waals surface area contributed by atoms with Crippen LogP contribution in [0.25, 0.3) is 0 Å². The van der Waals surface area contributed by atoms with Crippen LogP contribution in [0.1, 0.15) is 71.5 Å². The summed E-state index contributed by atoms with van der Waals surface area (Å²) in [7, 11) is 0. The number of rotatable bonds is 10. The van der Waals surface area contributed by atoms with Crippen molar-refractivity contribution in [3.8, 4) is 0 Å². The highest BCUT2D eigenvalue weighted by atomic mass is 15.3. The second-order valence-corrected chi connectivity index (χ2v) is 5.35. The van der Waals surface area contributed by atoms with Crippen molar-refractivity contribution >= 4 is 0 Å². The maximum atomic E-state index is 4.49. The van der Waals surface area contributed by atoms with Crippen molar-refractivity contribution in [3.05, 3.63) is 18.0 Å². The first-order valence-corrected chi connectivity index (χ1v) is 8.03. The van der Waals surface area contributed by atoms with E-state index in [1.807, 2.05) is 6.20 Å². The molecule has 0 spiro atoms. The molecule has 0 fully saturated rings. The zero-order chi connectivity index (χ0) is 14.1. The molecule has 1 unspecified atom stereocenters. The largest absolute Gasteiger partial charge is 0.309 e. The molecule has 1 atom stereocenters. The number of aryl methyl sites for hydroxylation is 1. The Morgan fingerprint density at radius 2 is 1.79 bits per heavy atom. The third-order valence-electron chi connectivity index (χ3n) is 3.72. The first-order chi connectivity index (χ1) is 9.28. The van der Waals surface area contributed by atoms with Gasteiger partial charge in [-0.1, -0.05) is 40.5 Å². The Bertz CT molecular complexity index is 326. The second-order valence-electron chi connectivity index (χ2n) is 5.35. The summed E-state index contributed by atoms with van der Waals surface area (Å²) in [6, 6.07) is 2.65. The number of hydrogen-bond acceptors (Lipinski definition) is 2. The zero-order valence-corrected chi connectivity index (χ0v) is 13.2. The van der Waals surface area contributed by atoms with Gasteiger partial charge in [-0.05, 0) is 37.8 Å². The van der Waals surface area contributed by atoms with Crippen molar-refractivity contribution in [2.45, 2.75) is 72.4 Å². The minimum atomic E-state index is 0.457. The van der Waals surface area contributed by atoms with Gasteiger partial charge in [-0.3, -0.25) is 4.68 Å². The molecule has 1 aromatic heterocycles. The maximum Gasteiger partial charge on any atom is 0.0556 e. The Hall–Kier alpha value is -0.830. The third kappa shape index (κ3) is 4.64. The SMILES string of the molecule is CCCC(CCC)C(NCC)c1ccnn1CCC. The highest BCUT2D eigenvalue weighted by molar-refractivity contribution is 5.09. The molecule has 0 saturated heterocycles. The standard InChI is InChI=1S/C16H31N3/c1-5-9-14(10-6-2)16(17-8-4)15-11-12-18-19(15)13-7-3/h11-12,14,16-17H,5-10,13H2,1-4H3. The molecule has 19 heavy (non-hydrogen) atoms. The normalized spacial score (nSPS) is 13.1. The van der Waals surface area contributed by atoms with Gasteiger partial charge in [0.2, 0.25) is 0 Å². The fraction of sp³-hybridized carbons (Fsp3) is 0.812. The summed E-state index contributed by atoms with van der Waals surface area (Å²) in [6.07, 6.45) is 8.19. The average molecular weight is 265 g/mol. The Morgan fingerprint density at radius 1 is 1.11 bits per heavy atom. The van der Waals surface area contributed by atoms with Gasteiger partial charge in [0.25, 0.3) is 0 Å². The molecule has 0 bridgehead atoms. The molecule has 0 saturated carbocycles. The van der Waals surface area contributed by atoms with Crippen LogP contribution in [-0.2, 0) is 6.54 Å². The van der Waals surface area contributed by atoms with Crippen LogP contribution in [0.5, 0.6) is 0 Å². The number of nitrogens with zero attached hydrogens (tertiary/aromatic N) is 2. The van der Waals surface area contributed by atoms with Gasteiger partial charge < -0.3 is 5.32 Å². The van der Waals surface area contributed by atoms with Crippen molar-refractivity contribution in [3.63, 3.8) is 0 Å². The van der Waals surface area contributed by atoms with Gasteiger partial charge >= 0.3 is 0 Å². The maximum absolute atomic E-state index is 4.49. The summed E-state index contributed by atoms with van der Waals surface area (Å²) >= 11 is 0. The van der Waals surface area contributed by atoms with E-state index in [-0.39, 0.29) is 0 Å². The van der Waals surface area contributed by atoms with E-state index in [0.717, 1.165) is 25.4 Å². The van der Waals surface area contributed by atoms with Crippen LogP contribution >= 0.6 is 0 Å². The summed E-state index contributed by atoms with van der Waals surface area (Å²) in [5, 5.41) is 8.18. The molecule has 1 aromatic rings. The molecule has 110 valence electrons. The molecule has 1 N–H and O–H groups in total. The van der Waals surface area contributed by atoms with Crippen LogP contribution in [0.2, 0.25) is 0 Å². The predicted molar refractivity (Wildman–Crippen MR) is 82.2 cm³/mol. The Morgan fingerprint density at radius 3 is 2.32 bits per heavy atom. The minimum Gasteiger partial charge on any atom is -0.309 e.